The third kappa shape index (κ3) is 3.34. The van der Waals surface area contributed by atoms with Gasteiger partial charge in [0.15, 0.2) is 5.78 Å². The van der Waals surface area contributed by atoms with Crippen molar-refractivity contribution in [2.24, 2.45) is 34.0 Å². The Kier molecular flexibility index (Phi) is 5.72. The van der Waals surface area contributed by atoms with Gasteiger partial charge in [0.25, 0.3) is 0 Å². The van der Waals surface area contributed by atoms with Gasteiger partial charge >= 0.3 is 5.97 Å². The molecule has 1 aromatic rings. The molecule has 0 unspecified atom stereocenters. The molecule has 2 bridgehead atoms. The van der Waals surface area contributed by atoms with Gasteiger partial charge in [0.2, 0.25) is 0 Å². The number of aliphatic hydroxyl groups excluding tert-OH is 1. The van der Waals surface area contributed by atoms with Crippen molar-refractivity contribution in [2.45, 2.75) is 65.6 Å². The summed E-state index contributed by atoms with van der Waals surface area (Å²) in [5, 5.41) is 11.6. The lowest BCUT2D eigenvalue weighted by atomic mass is 9.44. The van der Waals surface area contributed by atoms with Crippen LogP contribution in [0.5, 0.6) is 0 Å². The SMILES string of the molecule is C=C[C@]1(C)C[C@@H](O)[C@]2(C)[C@H](C)CC[C@]3(CC(=C)C(=O)[C@H]32)[C@@H](C)[C@@H]1OC(=O)c1ccc(F)cc1. The van der Waals surface area contributed by atoms with Crippen LogP contribution in [0.25, 0.3) is 0 Å². The van der Waals surface area contributed by atoms with Crippen molar-refractivity contribution in [1.82, 2.24) is 0 Å². The Labute approximate surface area is 195 Å². The van der Waals surface area contributed by atoms with Crippen LogP contribution in [-0.2, 0) is 9.53 Å². The minimum atomic E-state index is -0.769. The zero-order valence-corrected chi connectivity index (χ0v) is 20.1. The second-order valence-corrected chi connectivity index (χ2v) is 11.2. The first kappa shape index (κ1) is 23.9. The Bertz CT molecular complexity index is 1000. The maximum atomic E-state index is 13.5. The van der Waals surface area contributed by atoms with Gasteiger partial charge < -0.3 is 9.84 Å². The van der Waals surface area contributed by atoms with E-state index in [4.69, 9.17) is 4.74 Å². The summed E-state index contributed by atoms with van der Waals surface area (Å²) in [7, 11) is 0. The largest absolute Gasteiger partial charge is 0.458 e. The van der Waals surface area contributed by atoms with E-state index in [9.17, 15) is 19.1 Å². The summed E-state index contributed by atoms with van der Waals surface area (Å²) in [6.45, 7) is 16.4. The highest BCUT2D eigenvalue weighted by molar-refractivity contribution is 6.00. The quantitative estimate of drug-likeness (QED) is 0.372. The van der Waals surface area contributed by atoms with Crippen LogP contribution in [0.15, 0.2) is 49.1 Å². The first-order chi connectivity index (χ1) is 15.4. The fraction of sp³-hybridized carbons (Fsp3) is 0.571. The van der Waals surface area contributed by atoms with Crippen molar-refractivity contribution < 1.29 is 23.8 Å². The van der Waals surface area contributed by atoms with E-state index < -0.39 is 40.2 Å². The molecule has 4 rings (SSSR count). The molecule has 8 atom stereocenters. The maximum Gasteiger partial charge on any atom is 0.338 e. The highest BCUT2D eigenvalue weighted by Crippen LogP contribution is 2.68. The molecule has 33 heavy (non-hydrogen) atoms. The lowest BCUT2D eigenvalue weighted by molar-refractivity contribution is -0.191. The fourth-order valence-corrected chi connectivity index (χ4v) is 7.27. The Morgan fingerprint density at radius 2 is 1.88 bits per heavy atom. The van der Waals surface area contributed by atoms with Crippen molar-refractivity contribution in [3.63, 3.8) is 0 Å². The van der Waals surface area contributed by atoms with Crippen molar-refractivity contribution in [3.8, 4) is 0 Å². The highest BCUT2D eigenvalue weighted by atomic mass is 19.1. The van der Waals surface area contributed by atoms with Crippen LogP contribution in [0.4, 0.5) is 4.39 Å². The van der Waals surface area contributed by atoms with Crippen LogP contribution >= 0.6 is 0 Å². The van der Waals surface area contributed by atoms with Crippen molar-refractivity contribution in [2.75, 3.05) is 0 Å². The monoisotopic (exact) mass is 454 g/mol. The maximum absolute atomic E-state index is 13.5. The summed E-state index contributed by atoms with van der Waals surface area (Å²) < 4.78 is 19.5. The molecular formula is C28H35FO4. The third-order valence-corrected chi connectivity index (χ3v) is 9.60. The second-order valence-electron chi connectivity index (χ2n) is 11.2. The summed E-state index contributed by atoms with van der Waals surface area (Å²) >= 11 is 0. The number of rotatable bonds is 3. The number of allylic oxidation sites excluding steroid dienone is 1. The fourth-order valence-electron chi connectivity index (χ4n) is 7.27. The van der Waals surface area contributed by atoms with E-state index in [2.05, 4.69) is 33.9 Å². The van der Waals surface area contributed by atoms with Crippen LogP contribution in [0, 0.1) is 39.8 Å². The van der Waals surface area contributed by atoms with Gasteiger partial charge in [-0.25, -0.2) is 9.18 Å². The average Bonchev–Trinajstić information content (AvgIpc) is 3.05. The number of aliphatic hydroxyl groups is 1. The number of halogens is 1. The molecule has 3 aliphatic rings. The van der Waals surface area contributed by atoms with Gasteiger partial charge in [0.05, 0.1) is 11.7 Å². The molecule has 178 valence electrons. The van der Waals surface area contributed by atoms with E-state index in [0.29, 0.717) is 18.4 Å². The first-order valence-electron chi connectivity index (χ1n) is 11.9. The minimum absolute atomic E-state index is 0.0424. The number of carbonyl (C=O) groups is 2. The average molecular weight is 455 g/mol. The number of esters is 1. The van der Waals surface area contributed by atoms with Gasteiger partial charge in [-0.05, 0) is 66.9 Å². The van der Waals surface area contributed by atoms with Gasteiger partial charge in [0, 0.05) is 22.7 Å². The van der Waals surface area contributed by atoms with Crippen molar-refractivity contribution in [1.29, 1.82) is 0 Å². The molecule has 4 nitrogen and oxygen atoms in total. The minimum Gasteiger partial charge on any atom is -0.458 e. The van der Waals surface area contributed by atoms with Crippen LogP contribution in [0.1, 0.15) is 63.7 Å². The standard InChI is InChI=1S/C28H35FO4/c1-7-26(5)15-21(30)27(6)17(3)12-13-28(14-16(2)22(31)23(27)28)18(4)24(26)33-25(32)19-8-10-20(29)11-9-19/h7-11,17-18,21,23-24,30H,1-2,12-15H2,3-6H3/t17-,18+,21-,23+,24+,26-,27+,28+/m1/s1. The molecule has 0 aromatic heterocycles. The molecule has 5 heteroatoms. The molecule has 0 amide bonds. The number of Topliss-reactive ketones (excluding diaryl/α,β-unsaturated/α-hetero) is 1. The lowest BCUT2D eigenvalue weighted by Crippen LogP contribution is -2.62. The van der Waals surface area contributed by atoms with Gasteiger partial charge in [-0.2, -0.15) is 0 Å². The molecule has 1 N–H and O–H groups in total. The van der Waals surface area contributed by atoms with Gasteiger partial charge in [-0.15, -0.1) is 6.58 Å². The molecule has 3 aliphatic carbocycles. The predicted molar refractivity (Wildman–Crippen MR) is 125 cm³/mol. The molecule has 0 saturated heterocycles. The number of ether oxygens (including phenoxy) is 1. The Morgan fingerprint density at radius 1 is 1.24 bits per heavy atom. The summed E-state index contributed by atoms with van der Waals surface area (Å²) in [5.74, 6) is -1.30. The van der Waals surface area contributed by atoms with Gasteiger partial charge in [-0.3, -0.25) is 4.79 Å². The first-order valence-corrected chi connectivity index (χ1v) is 11.9. The molecule has 1 aromatic carbocycles. The van der Waals surface area contributed by atoms with E-state index in [0.717, 1.165) is 12.8 Å². The van der Waals surface area contributed by atoms with Crippen molar-refractivity contribution >= 4 is 11.8 Å². The van der Waals surface area contributed by atoms with E-state index in [1.807, 2.05) is 6.92 Å². The van der Waals surface area contributed by atoms with Gasteiger partial charge in [-0.1, -0.05) is 40.3 Å². The van der Waals surface area contributed by atoms with Crippen LogP contribution in [0.2, 0.25) is 0 Å². The van der Waals surface area contributed by atoms with E-state index >= 15 is 0 Å². The highest BCUT2D eigenvalue weighted by Gasteiger charge is 2.68. The molecule has 0 heterocycles. The second kappa shape index (κ2) is 7.90. The molecule has 0 spiro atoms. The smallest absolute Gasteiger partial charge is 0.338 e. The number of hydrogen-bond acceptors (Lipinski definition) is 4. The molecule has 3 fully saturated rings. The molecule has 3 saturated carbocycles. The van der Waals surface area contributed by atoms with Crippen LogP contribution < -0.4 is 0 Å². The molecule has 0 aliphatic heterocycles. The molecule has 0 radical (unpaired) electrons. The van der Waals surface area contributed by atoms with E-state index in [-0.39, 0.29) is 29.1 Å². The number of ketones is 1. The summed E-state index contributed by atoms with van der Waals surface area (Å²) in [5.41, 5.74) is -0.892. The number of carbonyl (C=O) groups excluding carboxylic acids is 2. The summed E-state index contributed by atoms with van der Waals surface area (Å²) in [6, 6.07) is 5.29. The predicted octanol–water partition coefficient (Wildman–Crippen LogP) is 5.51. The van der Waals surface area contributed by atoms with E-state index in [1.165, 1.54) is 24.3 Å². The Hall–Kier alpha value is -2.27. The van der Waals surface area contributed by atoms with Crippen LogP contribution in [0.3, 0.4) is 0 Å². The van der Waals surface area contributed by atoms with Gasteiger partial charge in [0.1, 0.15) is 11.9 Å². The Balaban J connectivity index is 1.83. The summed E-state index contributed by atoms with van der Waals surface area (Å²) in [6.07, 6.45) is 2.97. The number of benzene rings is 1. The normalized spacial score (nSPS) is 42.8. The lowest BCUT2D eigenvalue weighted by Gasteiger charge is -2.61. The zero-order chi connectivity index (χ0) is 24.3. The topological polar surface area (TPSA) is 63.6 Å². The number of hydrogen-bond donors (Lipinski definition) is 1. The molecular weight excluding hydrogens is 419 g/mol. The summed E-state index contributed by atoms with van der Waals surface area (Å²) in [4.78, 5) is 26.6. The zero-order valence-electron chi connectivity index (χ0n) is 20.1. The Morgan fingerprint density at radius 3 is 2.48 bits per heavy atom. The third-order valence-electron chi connectivity index (χ3n) is 9.60. The van der Waals surface area contributed by atoms with Crippen molar-refractivity contribution in [3.05, 3.63) is 60.5 Å². The van der Waals surface area contributed by atoms with E-state index in [1.54, 1.807) is 6.08 Å². The van der Waals surface area contributed by atoms with Crippen LogP contribution in [-0.4, -0.2) is 29.1 Å².